The van der Waals surface area contributed by atoms with Crippen LogP contribution in [0.3, 0.4) is 0 Å². The van der Waals surface area contributed by atoms with Gasteiger partial charge in [0.1, 0.15) is 4.99 Å². The summed E-state index contributed by atoms with van der Waals surface area (Å²) >= 11 is 5.19. The molecular weight excluding hydrogens is 282 g/mol. The first-order valence-electron chi connectivity index (χ1n) is 7.19. The van der Waals surface area contributed by atoms with Crippen molar-refractivity contribution >= 4 is 33.8 Å². The van der Waals surface area contributed by atoms with Gasteiger partial charge in [0, 0.05) is 31.3 Å². The van der Waals surface area contributed by atoms with Crippen molar-refractivity contribution in [2.75, 3.05) is 31.2 Å². The molecular formula is C16H21N3OS. The minimum atomic E-state index is 0.373. The molecule has 0 aliphatic heterocycles. The summed E-state index contributed by atoms with van der Waals surface area (Å²) in [6.45, 7) is 7.17. The number of hydrogen-bond acceptors (Lipinski definition) is 4. The zero-order valence-corrected chi connectivity index (χ0v) is 13.3. The molecule has 2 aromatic rings. The monoisotopic (exact) mass is 303 g/mol. The summed E-state index contributed by atoms with van der Waals surface area (Å²) in [7, 11) is 0. The summed E-state index contributed by atoms with van der Waals surface area (Å²) in [6.07, 6.45) is 1.77. The highest BCUT2D eigenvalue weighted by atomic mass is 32.1. The second kappa shape index (κ2) is 7.33. The molecule has 2 N–H and O–H groups in total. The fourth-order valence-corrected chi connectivity index (χ4v) is 2.54. The Kier molecular flexibility index (Phi) is 5.47. The quantitative estimate of drug-likeness (QED) is 0.629. The first-order chi connectivity index (χ1) is 10.2. The van der Waals surface area contributed by atoms with Gasteiger partial charge in [-0.15, -0.1) is 0 Å². The van der Waals surface area contributed by atoms with E-state index in [1.807, 2.05) is 25.1 Å². The summed E-state index contributed by atoms with van der Waals surface area (Å²) < 4.78 is 5.48. The molecule has 1 aromatic heterocycles. The fourth-order valence-electron chi connectivity index (χ4n) is 2.39. The van der Waals surface area contributed by atoms with E-state index in [4.69, 9.17) is 22.7 Å². The molecule has 0 spiro atoms. The number of benzene rings is 1. The lowest BCUT2D eigenvalue weighted by Gasteiger charge is -2.26. The Morgan fingerprint density at radius 1 is 1.33 bits per heavy atom. The van der Waals surface area contributed by atoms with E-state index < -0.39 is 0 Å². The normalized spacial score (nSPS) is 10.8. The van der Waals surface area contributed by atoms with Crippen molar-refractivity contribution in [1.29, 1.82) is 0 Å². The van der Waals surface area contributed by atoms with Gasteiger partial charge in [-0.1, -0.05) is 30.4 Å². The highest BCUT2D eigenvalue weighted by Gasteiger charge is 2.16. The molecule has 21 heavy (non-hydrogen) atoms. The number of aromatic nitrogens is 1. The van der Waals surface area contributed by atoms with Crippen LogP contribution in [0.25, 0.3) is 10.9 Å². The second-order valence-electron chi connectivity index (χ2n) is 4.68. The molecule has 4 nitrogen and oxygen atoms in total. The average Bonchev–Trinajstić information content (AvgIpc) is 2.51. The SMILES string of the molecule is CCOCCN(CC)c1c(C(N)=S)cnc2ccccc12. The molecule has 0 atom stereocenters. The molecule has 0 saturated carbocycles. The summed E-state index contributed by atoms with van der Waals surface area (Å²) in [5.74, 6) is 0. The lowest BCUT2D eigenvalue weighted by atomic mass is 10.1. The molecule has 112 valence electrons. The Bertz CT molecular complexity index is 630. The van der Waals surface area contributed by atoms with Crippen LogP contribution in [0.5, 0.6) is 0 Å². The number of anilines is 1. The van der Waals surface area contributed by atoms with E-state index in [2.05, 4.69) is 22.9 Å². The van der Waals surface area contributed by atoms with Gasteiger partial charge in [-0.25, -0.2) is 0 Å². The molecule has 0 amide bonds. The van der Waals surface area contributed by atoms with E-state index in [1.165, 1.54) is 0 Å². The number of ether oxygens (including phenoxy) is 1. The smallest absolute Gasteiger partial charge is 0.107 e. The highest BCUT2D eigenvalue weighted by molar-refractivity contribution is 7.80. The van der Waals surface area contributed by atoms with Gasteiger partial charge in [0.05, 0.1) is 23.4 Å². The first-order valence-corrected chi connectivity index (χ1v) is 7.60. The van der Waals surface area contributed by atoms with Crippen LogP contribution in [0.2, 0.25) is 0 Å². The standard InChI is InChI=1S/C16H21N3OS/c1-3-19(9-10-20-4-2)15-12-7-5-6-8-14(12)18-11-13(15)16(17)21/h5-8,11H,3-4,9-10H2,1-2H3,(H2,17,21). The Balaban J connectivity index is 2.51. The van der Waals surface area contributed by atoms with Crippen molar-refractivity contribution in [2.45, 2.75) is 13.8 Å². The Hall–Kier alpha value is -1.72. The van der Waals surface area contributed by atoms with Crippen LogP contribution in [0.4, 0.5) is 5.69 Å². The number of thiocarbonyl (C=S) groups is 1. The van der Waals surface area contributed by atoms with Gasteiger partial charge in [-0.05, 0) is 19.9 Å². The predicted molar refractivity (Wildman–Crippen MR) is 92.0 cm³/mol. The largest absolute Gasteiger partial charge is 0.389 e. The topological polar surface area (TPSA) is 51.4 Å². The van der Waals surface area contributed by atoms with Gasteiger partial charge >= 0.3 is 0 Å². The van der Waals surface area contributed by atoms with Crippen molar-refractivity contribution in [2.24, 2.45) is 5.73 Å². The van der Waals surface area contributed by atoms with Gasteiger partial charge < -0.3 is 15.4 Å². The molecule has 0 aliphatic rings. The lowest BCUT2D eigenvalue weighted by Crippen LogP contribution is -2.30. The molecule has 0 fully saturated rings. The Morgan fingerprint density at radius 3 is 2.76 bits per heavy atom. The average molecular weight is 303 g/mol. The highest BCUT2D eigenvalue weighted by Crippen LogP contribution is 2.29. The Morgan fingerprint density at radius 2 is 2.10 bits per heavy atom. The zero-order chi connectivity index (χ0) is 15.2. The molecule has 0 bridgehead atoms. The molecule has 5 heteroatoms. The first kappa shape index (κ1) is 15.7. The maximum atomic E-state index is 5.89. The minimum absolute atomic E-state index is 0.373. The van der Waals surface area contributed by atoms with E-state index in [-0.39, 0.29) is 0 Å². The maximum Gasteiger partial charge on any atom is 0.107 e. The second-order valence-corrected chi connectivity index (χ2v) is 5.12. The van der Waals surface area contributed by atoms with Crippen molar-refractivity contribution in [3.05, 3.63) is 36.0 Å². The number of nitrogens with two attached hydrogens (primary N) is 1. The summed E-state index contributed by atoms with van der Waals surface area (Å²) in [6, 6.07) is 8.05. The molecule has 1 aromatic carbocycles. The minimum Gasteiger partial charge on any atom is -0.389 e. The van der Waals surface area contributed by atoms with Crippen molar-refractivity contribution in [1.82, 2.24) is 4.98 Å². The third kappa shape index (κ3) is 3.49. The number of nitrogens with zero attached hydrogens (tertiary/aromatic N) is 2. The van der Waals surface area contributed by atoms with E-state index in [1.54, 1.807) is 6.20 Å². The third-order valence-electron chi connectivity index (χ3n) is 3.42. The van der Waals surface area contributed by atoms with Crippen LogP contribution in [0.1, 0.15) is 19.4 Å². The number of pyridine rings is 1. The van der Waals surface area contributed by atoms with Crippen molar-refractivity contribution in [3.8, 4) is 0 Å². The molecule has 2 rings (SSSR count). The summed E-state index contributed by atoms with van der Waals surface area (Å²) in [5, 5.41) is 1.07. The molecule has 0 unspecified atom stereocenters. The van der Waals surface area contributed by atoms with Crippen LogP contribution in [0, 0.1) is 0 Å². The lowest BCUT2D eigenvalue weighted by molar-refractivity contribution is 0.154. The molecule has 0 aliphatic carbocycles. The van der Waals surface area contributed by atoms with Crippen LogP contribution < -0.4 is 10.6 Å². The number of rotatable bonds is 7. The van der Waals surface area contributed by atoms with E-state index in [9.17, 15) is 0 Å². The van der Waals surface area contributed by atoms with Crippen LogP contribution >= 0.6 is 12.2 Å². The van der Waals surface area contributed by atoms with Gasteiger partial charge in [0.25, 0.3) is 0 Å². The van der Waals surface area contributed by atoms with E-state index in [0.717, 1.165) is 41.9 Å². The maximum absolute atomic E-state index is 5.89. The fraction of sp³-hybridized carbons (Fsp3) is 0.375. The Labute approximate surface area is 130 Å². The number of likely N-dealkylation sites (N-methyl/N-ethyl adjacent to an activating group) is 1. The van der Waals surface area contributed by atoms with Crippen molar-refractivity contribution < 1.29 is 4.74 Å². The summed E-state index contributed by atoms with van der Waals surface area (Å²) in [4.78, 5) is 7.07. The van der Waals surface area contributed by atoms with Gasteiger partial charge in [-0.3, -0.25) is 4.98 Å². The van der Waals surface area contributed by atoms with E-state index in [0.29, 0.717) is 11.6 Å². The van der Waals surface area contributed by atoms with Crippen molar-refractivity contribution in [3.63, 3.8) is 0 Å². The van der Waals surface area contributed by atoms with Gasteiger partial charge in [0.15, 0.2) is 0 Å². The number of fused-ring (bicyclic) bond motifs is 1. The van der Waals surface area contributed by atoms with E-state index >= 15 is 0 Å². The van der Waals surface area contributed by atoms with Crippen LogP contribution in [0.15, 0.2) is 30.5 Å². The molecule has 1 heterocycles. The van der Waals surface area contributed by atoms with Gasteiger partial charge in [-0.2, -0.15) is 0 Å². The number of para-hydroxylation sites is 1. The predicted octanol–water partition coefficient (Wildman–Crippen LogP) is 2.73. The molecule has 0 saturated heterocycles. The van der Waals surface area contributed by atoms with Gasteiger partial charge in [0.2, 0.25) is 0 Å². The third-order valence-corrected chi connectivity index (χ3v) is 3.64. The number of hydrogen-bond donors (Lipinski definition) is 1. The van der Waals surface area contributed by atoms with Crippen LogP contribution in [-0.4, -0.2) is 36.3 Å². The molecule has 0 radical (unpaired) electrons. The summed E-state index contributed by atoms with van der Waals surface area (Å²) in [5.41, 5.74) is 8.71. The van der Waals surface area contributed by atoms with Crippen LogP contribution in [-0.2, 0) is 4.74 Å². The zero-order valence-electron chi connectivity index (χ0n) is 12.5.